The molecule has 0 bridgehead atoms. The molecular weight excluding hydrogens is 408 g/mol. The maximum Gasteiger partial charge on any atom is 0.130 e. The second-order valence-electron chi connectivity index (χ2n) is 8.49. The number of aliphatic hydroxyl groups excluding tert-OH is 1. The van der Waals surface area contributed by atoms with E-state index in [1.165, 1.54) is 11.1 Å². The van der Waals surface area contributed by atoms with E-state index in [-0.39, 0.29) is 6.61 Å². The van der Waals surface area contributed by atoms with E-state index in [9.17, 15) is 5.11 Å². The maximum atomic E-state index is 10.0. The fraction of sp³-hybridized carbons (Fsp3) is 0.346. The summed E-state index contributed by atoms with van der Waals surface area (Å²) in [5.74, 6) is 2.40. The van der Waals surface area contributed by atoms with Gasteiger partial charge in [-0.25, -0.2) is 4.98 Å². The normalized spacial score (nSPS) is 16.7. The highest BCUT2D eigenvalue weighted by Gasteiger charge is 2.26. The van der Waals surface area contributed by atoms with Gasteiger partial charge in [-0.1, -0.05) is 55.8 Å². The van der Waals surface area contributed by atoms with Crippen LogP contribution in [0.4, 0.5) is 0 Å². The number of rotatable bonds is 7. The van der Waals surface area contributed by atoms with Crippen LogP contribution in [0.1, 0.15) is 54.5 Å². The number of likely N-dealkylation sites (tertiary alicyclic amines) is 1. The average Bonchev–Trinajstić information content (AvgIpc) is 3.22. The van der Waals surface area contributed by atoms with Gasteiger partial charge < -0.3 is 9.84 Å². The van der Waals surface area contributed by atoms with Crippen LogP contribution in [0.3, 0.4) is 0 Å². The minimum Gasteiger partial charge on any atom is -0.457 e. The molecule has 2 aromatic carbocycles. The maximum absolute atomic E-state index is 10.0. The first kappa shape index (κ1) is 21.8. The molecule has 1 saturated heterocycles. The Morgan fingerprint density at radius 3 is 2.74 bits per heavy atom. The predicted molar refractivity (Wildman–Crippen MR) is 125 cm³/mol. The summed E-state index contributed by atoms with van der Waals surface area (Å²) >= 11 is 6.02. The van der Waals surface area contributed by atoms with Crippen LogP contribution >= 0.6 is 11.6 Å². The van der Waals surface area contributed by atoms with Crippen LogP contribution in [-0.4, -0.2) is 28.1 Å². The van der Waals surface area contributed by atoms with Crippen molar-refractivity contribution in [3.8, 4) is 11.5 Å². The fourth-order valence-corrected chi connectivity index (χ4v) is 4.54. The van der Waals surface area contributed by atoms with Crippen LogP contribution in [0.5, 0.6) is 11.5 Å². The van der Waals surface area contributed by atoms with Crippen molar-refractivity contribution in [1.82, 2.24) is 9.88 Å². The molecule has 4 nitrogen and oxygen atoms in total. The largest absolute Gasteiger partial charge is 0.457 e. The van der Waals surface area contributed by atoms with E-state index in [1.807, 2.05) is 42.5 Å². The van der Waals surface area contributed by atoms with E-state index in [4.69, 9.17) is 16.3 Å². The Labute approximate surface area is 189 Å². The number of hydrogen-bond donors (Lipinski definition) is 1. The van der Waals surface area contributed by atoms with Crippen molar-refractivity contribution in [1.29, 1.82) is 0 Å². The summed E-state index contributed by atoms with van der Waals surface area (Å²) < 4.78 is 6.20. The van der Waals surface area contributed by atoms with Gasteiger partial charge in [0.2, 0.25) is 0 Å². The van der Waals surface area contributed by atoms with Gasteiger partial charge in [-0.3, -0.25) is 4.90 Å². The van der Waals surface area contributed by atoms with E-state index in [2.05, 4.69) is 35.9 Å². The Kier molecular flexibility index (Phi) is 6.91. The Balaban J connectivity index is 1.47. The van der Waals surface area contributed by atoms with Crippen molar-refractivity contribution in [2.75, 3.05) is 13.1 Å². The SMILES string of the molecule is CC(C)c1ccccc1Oc1ccc(C2CCN(Cc3cccc(Cl)n3)C2)c(CO)c1. The van der Waals surface area contributed by atoms with Crippen LogP contribution in [0.25, 0.3) is 0 Å². The van der Waals surface area contributed by atoms with Gasteiger partial charge in [0.15, 0.2) is 0 Å². The quantitative estimate of drug-likeness (QED) is 0.452. The van der Waals surface area contributed by atoms with Gasteiger partial charge in [-0.2, -0.15) is 0 Å². The third-order valence-corrected chi connectivity index (χ3v) is 6.13. The van der Waals surface area contributed by atoms with Crippen molar-refractivity contribution < 1.29 is 9.84 Å². The summed E-state index contributed by atoms with van der Waals surface area (Å²) in [6.45, 7) is 7.06. The number of hydrogen-bond acceptors (Lipinski definition) is 4. The third-order valence-electron chi connectivity index (χ3n) is 5.92. The molecule has 1 unspecified atom stereocenters. The number of para-hydroxylation sites is 1. The lowest BCUT2D eigenvalue weighted by Gasteiger charge is -2.19. The van der Waals surface area contributed by atoms with Crippen molar-refractivity contribution in [2.45, 2.75) is 45.3 Å². The molecule has 2 heterocycles. The van der Waals surface area contributed by atoms with E-state index in [0.717, 1.165) is 48.8 Å². The first-order valence-electron chi connectivity index (χ1n) is 10.9. The lowest BCUT2D eigenvalue weighted by Crippen LogP contribution is -2.20. The molecule has 5 heteroatoms. The van der Waals surface area contributed by atoms with E-state index in [1.54, 1.807) is 6.07 Å². The zero-order valence-corrected chi connectivity index (χ0v) is 18.8. The van der Waals surface area contributed by atoms with E-state index in [0.29, 0.717) is 17.0 Å². The van der Waals surface area contributed by atoms with Crippen molar-refractivity contribution >= 4 is 11.6 Å². The van der Waals surface area contributed by atoms with Crippen LogP contribution in [0.15, 0.2) is 60.7 Å². The smallest absolute Gasteiger partial charge is 0.130 e. The molecule has 1 aliphatic rings. The molecule has 31 heavy (non-hydrogen) atoms. The minimum absolute atomic E-state index is 0.00467. The Morgan fingerprint density at radius 1 is 1.13 bits per heavy atom. The second kappa shape index (κ2) is 9.82. The molecule has 0 aliphatic carbocycles. The number of benzene rings is 2. The van der Waals surface area contributed by atoms with Crippen LogP contribution < -0.4 is 4.74 Å². The molecule has 162 valence electrons. The summed E-state index contributed by atoms with van der Waals surface area (Å²) in [6, 6.07) is 20.0. The number of aromatic nitrogens is 1. The fourth-order valence-electron chi connectivity index (χ4n) is 4.36. The lowest BCUT2D eigenvalue weighted by molar-refractivity contribution is 0.278. The molecule has 3 aromatic rings. The monoisotopic (exact) mass is 436 g/mol. The van der Waals surface area contributed by atoms with Gasteiger partial charge in [0.25, 0.3) is 0 Å². The molecule has 1 aromatic heterocycles. The zero-order chi connectivity index (χ0) is 21.8. The number of nitrogens with zero attached hydrogens (tertiary/aromatic N) is 2. The molecule has 0 radical (unpaired) electrons. The van der Waals surface area contributed by atoms with Crippen LogP contribution in [-0.2, 0) is 13.2 Å². The summed E-state index contributed by atoms with van der Waals surface area (Å²) in [5.41, 5.74) is 4.31. The van der Waals surface area contributed by atoms with Gasteiger partial charge >= 0.3 is 0 Å². The highest BCUT2D eigenvalue weighted by molar-refractivity contribution is 6.29. The highest BCUT2D eigenvalue weighted by Crippen LogP contribution is 2.35. The molecule has 1 fully saturated rings. The minimum atomic E-state index is 0.00467. The topological polar surface area (TPSA) is 45.6 Å². The highest BCUT2D eigenvalue weighted by atomic mass is 35.5. The van der Waals surface area contributed by atoms with Crippen molar-refractivity contribution in [2.24, 2.45) is 0 Å². The third kappa shape index (κ3) is 5.27. The van der Waals surface area contributed by atoms with Crippen LogP contribution in [0, 0.1) is 0 Å². The average molecular weight is 437 g/mol. The summed E-state index contributed by atoms with van der Waals surface area (Å²) in [7, 11) is 0. The molecule has 4 rings (SSSR count). The predicted octanol–water partition coefficient (Wildman–Crippen LogP) is 6.13. The first-order chi connectivity index (χ1) is 15.0. The molecule has 1 N–H and O–H groups in total. The summed E-state index contributed by atoms with van der Waals surface area (Å²) in [4.78, 5) is 6.80. The molecule has 1 aliphatic heterocycles. The Bertz CT molecular complexity index is 1040. The van der Waals surface area contributed by atoms with Gasteiger partial charge in [0, 0.05) is 13.1 Å². The molecule has 1 atom stereocenters. The van der Waals surface area contributed by atoms with Gasteiger partial charge in [-0.15, -0.1) is 0 Å². The lowest BCUT2D eigenvalue weighted by atomic mass is 9.93. The number of pyridine rings is 1. The molecular formula is C26H29ClN2O2. The van der Waals surface area contributed by atoms with Gasteiger partial charge in [0.1, 0.15) is 16.7 Å². The standard InChI is InChI=1S/C26H29ClN2O2/c1-18(2)23-7-3-4-8-25(23)31-22-10-11-24(20(14-22)17-30)19-12-13-29(15-19)16-21-6-5-9-26(27)28-21/h3-11,14,18-19,30H,12-13,15-17H2,1-2H3. The second-order valence-corrected chi connectivity index (χ2v) is 8.87. The Hall–Kier alpha value is -2.40. The first-order valence-corrected chi connectivity index (χ1v) is 11.3. The summed E-state index contributed by atoms with van der Waals surface area (Å²) in [6.07, 6.45) is 1.06. The zero-order valence-electron chi connectivity index (χ0n) is 18.1. The van der Waals surface area contributed by atoms with E-state index >= 15 is 0 Å². The summed E-state index contributed by atoms with van der Waals surface area (Å²) in [5, 5.41) is 10.6. The van der Waals surface area contributed by atoms with Gasteiger partial charge in [-0.05, 0) is 71.8 Å². The Morgan fingerprint density at radius 2 is 1.97 bits per heavy atom. The van der Waals surface area contributed by atoms with Crippen molar-refractivity contribution in [3.05, 3.63) is 88.2 Å². The number of aliphatic hydroxyl groups is 1. The van der Waals surface area contributed by atoms with Crippen molar-refractivity contribution in [3.63, 3.8) is 0 Å². The van der Waals surface area contributed by atoms with Crippen LogP contribution in [0.2, 0.25) is 5.15 Å². The van der Waals surface area contributed by atoms with E-state index < -0.39 is 0 Å². The number of halogens is 1. The number of ether oxygens (including phenoxy) is 1. The van der Waals surface area contributed by atoms with Gasteiger partial charge in [0.05, 0.1) is 12.3 Å². The molecule has 0 amide bonds. The molecule has 0 spiro atoms. The molecule has 0 saturated carbocycles.